The van der Waals surface area contributed by atoms with E-state index >= 15 is 0 Å². The molecule has 4 rings (SSSR count). The van der Waals surface area contributed by atoms with Gasteiger partial charge in [0.1, 0.15) is 0 Å². The topological polar surface area (TPSA) is 101 Å². The number of anilines is 1. The average Bonchev–Trinajstić information content (AvgIpc) is 2.80. The summed E-state index contributed by atoms with van der Waals surface area (Å²) in [5, 5.41) is 3.86. The second-order valence-corrected chi connectivity index (χ2v) is 12.0. The van der Waals surface area contributed by atoms with Gasteiger partial charge in [0.2, 0.25) is 5.95 Å². The largest absolute Gasteiger partial charge is 0.353 e. The Morgan fingerprint density at radius 2 is 1.78 bits per heavy atom. The Labute approximate surface area is 219 Å². The normalized spacial score (nSPS) is 15.6. The van der Waals surface area contributed by atoms with Crippen molar-refractivity contribution in [3.8, 4) is 5.69 Å². The summed E-state index contributed by atoms with van der Waals surface area (Å²) in [4.78, 5) is 33.6. The number of aromatic nitrogens is 2. The van der Waals surface area contributed by atoms with Crippen LogP contribution in [0.1, 0.15) is 42.4 Å². The molecule has 0 saturated carbocycles. The van der Waals surface area contributed by atoms with Crippen molar-refractivity contribution < 1.29 is 13.2 Å². The maximum atomic E-state index is 13.7. The number of hydrogen-bond acceptors (Lipinski definition) is 6. The summed E-state index contributed by atoms with van der Waals surface area (Å²) in [6.07, 6.45) is 1.45. The maximum absolute atomic E-state index is 13.7. The zero-order valence-electron chi connectivity index (χ0n) is 20.2. The molecule has 2 aromatic carbocycles. The number of benzene rings is 2. The van der Waals surface area contributed by atoms with Crippen molar-refractivity contribution in [1.29, 1.82) is 0 Å². The number of carbonyl (C=O) groups excluding carboxylic acids is 1. The van der Waals surface area contributed by atoms with Crippen molar-refractivity contribution in [2.45, 2.75) is 50.7 Å². The average molecular weight is 549 g/mol. The molecule has 8 nitrogen and oxygen atoms in total. The maximum Gasteiger partial charge on any atom is 0.263 e. The molecule has 36 heavy (non-hydrogen) atoms. The highest BCUT2D eigenvalue weighted by Crippen LogP contribution is 2.27. The summed E-state index contributed by atoms with van der Waals surface area (Å²) in [6.45, 7) is 5.88. The third-order valence-electron chi connectivity index (χ3n) is 5.98. The number of nitrogens with one attached hydrogen (secondary N) is 1. The first-order chi connectivity index (χ1) is 16.9. The molecular formula is C25H26Cl2N4O4S. The van der Waals surface area contributed by atoms with E-state index in [0.29, 0.717) is 44.9 Å². The molecule has 1 aliphatic rings. The second kappa shape index (κ2) is 9.88. The van der Waals surface area contributed by atoms with Gasteiger partial charge in [-0.2, -0.15) is 0 Å². The molecule has 0 saturated heterocycles. The van der Waals surface area contributed by atoms with E-state index in [-0.39, 0.29) is 35.0 Å². The summed E-state index contributed by atoms with van der Waals surface area (Å²) < 4.78 is 25.2. The molecule has 1 aromatic heterocycles. The van der Waals surface area contributed by atoms with Gasteiger partial charge in [-0.05, 0) is 69.7 Å². The highest BCUT2D eigenvalue weighted by atomic mass is 35.5. The lowest BCUT2D eigenvalue weighted by Crippen LogP contribution is -2.46. The van der Waals surface area contributed by atoms with Crippen LogP contribution in [0.4, 0.5) is 5.95 Å². The van der Waals surface area contributed by atoms with Gasteiger partial charge < -0.3 is 10.2 Å². The number of amides is 1. The van der Waals surface area contributed by atoms with Crippen LogP contribution >= 0.6 is 23.2 Å². The van der Waals surface area contributed by atoms with Crippen LogP contribution in [0.3, 0.4) is 0 Å². The van der Waals surface area contributed by atoms with E-state index < -0.39 is 9.84 Å². The van der Waals surface area contributed by atoms with Crippen molar-refractivity contribution in [2.75, 3.05) is 11.6 Å². The fourth-order valence-electron chi connectivity index (χ4n) is 4.16. The molecule has 0 radical (unpaired) electrons. The Bertz CT molecular complexity index is 1500. The molecule has 1 aliphatic heterocycles. The first-order valence-corrected chi connectivity index (χ1v) is 14.0. The SMILES string of the molecule is CC(C)Nc1nc2c(c(=O)n1-c1ccc(S(C)(=O)=O)cc1)C[C@@H](C)N(C(=O)c1ccc(Cl)c(Cl)c1)C2. The number of halogens is 2. The minimum Gasteiger partial charge on any atom is -0.353 e. The van der Waals surface area contributed by atoms with Crippen molar-refractivity contribution in [1.82, 2.24) is 14.5 Å². The van der Waals surface area contributed by atoms with Gasteiger partial charge in [-0.1, -0.05) is 23.2 Å². The lowest BCUT2D eigenvalue weighted by molar-refractivity contribution is 0.0653. The predicted molar refractivity (Wildman–Crippen MR) is 141 cm³/mol. The van der Waals surface area contributed by atoms with E-state index in [2.05, 4.69) is 5.32 Å². The van der Waals surface area contributed by atoms with Crippen molar-refractivity contribution in [3.63, 3.8) is 0 Å². The van der Waals surface area contributed by atoms with Gasteiger partial charge in [0.25, 0.3) is 11.5 Å². The summed E-state index contributed by atoms with van der Waals surface area (Å²) in [5.74, 6) is 0.0878. The summed E-state index contributed by atoms with van der Waals surface area (Å²) >= 11 is 12.1. The molecule has 0 spiro atoms. The molecule has 1 amide bonds. The van der Waals surface area contributed by atoms with Gasteiger partial charge in [0, 0.05) is 29.5 Å². The molecule has 2 heterocycles. The minimum absolute atomic E-state index is 0.0343. The van der Waals surface area contributed by atoms with Crippen molar-refractivity contribution in [2.24, 2.45) is 0 Å². The Hall–Kier alpha value is -2.88. The molecule has 11 heteroatoms. The smallest absolute Gasteiger partial charge is 0.263 e. The molecule has 1 atom stereocenters. The monoisotopic (exact) mass is 548 g/mol. The van der Waals surface area contributed by atoms with Crippen LogP contribution in [0, 0.1) is 0 Å². The zero-order valence-corrected chi connectivity index (χ0v) is 22.6. The summed E-state index contributed by atoms with van der Waals surface area (Å²) in [5.41, 5.74) is 1.66. The first-order valence-electron chi connectivity index (χ1n) is 11.3. The second-order valence-electron chi connectivity index (χ2n) is 9.18. The van der Waals surface area contributed by atoms with Crippen LogP contribution in [-0.2, 0) is 22.8 Å². The number of rotatable bonds is 5. The molecular weight excluding hydrogens is 523 g/mol. The number of fused-ring (bicyclic) bond motifs is 1. The fraction of sp³-hybridized carbons (Fsp3) is 0.320. The molecule has 0 aliphatic carbocycles. The van der Waals surface area contributed by atoms with Gasteiger partial charge in [-0.3, -0.25) is 9.59 Å². The van der Waals surface area contributed by atoms with E-state index in [1.807, 2.05) is 20.8 Å². The van der Waals surface area contributed by atoms with Gasteiger partial charge >= 0.3 is 0 Å². The Kier molecular flexibility index (Phi) is 7.19. The molecule has 3 aromatic rings. The van der Waals surface area contributed by atoms with E-state index in [0.717, 1.165) is 6.26 Å². The summed E-state index contributed by atoms with van der Waals surface area (Å²) in [6, 6.07) is 10.5. The number of hydrogen-bond donors (Lipinski definition) is 1. The third kappa shape index (κ3) is 5.14. The Balaban J connectivity index is 1.78. The van der Waals surface area contributed by atoms with Gasteiger partial charge in [-0.25, -0.2) is 18.0 Å². The lowest BCUT2D eigenvalue weighted by atomic mass is 9.98. The van der Waals surface area contributed by atoms with E-state index in [1.165, 1.54) is 22.8 Å². The highest BCUT2D eigenvalue weighted by molar-refractivity contribution is 7.90. The molecule has 0 unspecified atom stereocenters. The van der Waals surface area contributed by atoms with E-state index in [9.17, 15) is 18.0 Å². The van der Waals surface area contributed by atoms with Crippen LogP contribution in [0.5, 0.6) is 0 Å². The van der Waals surface area contributed by atoms with Gasteiger partial charge in [0.15, 0.2) is 9.84 Å². The fourth-order valence-corrected chi connectivity index (χ4v) is 5.09. The molecule has 0 bridgehead atoms. The summed E-state index contributed by atoms with van der Waals surface area (Å²) in [7, 11) is -3.38. The van der Waals surface area contributed by atoms with Crippen LogP contribution < -0.4 is 10.9 Å². The predicted octanol–water partition coefficient (Wildman–Crippen LogP) is 4.35. The molecule has 190 valence electrons. The Morgan fingerprint density at radius 1 is 1.11 bits per heavy atom. The zero-order chi connectivity index (χ0) is 26.4. The van der Waals surface area contributed by atoms with Crippen LogP contribution in [0.2, 0.25) is 10.0 Å². The highest BCUT2D eigenvalue weighted by Gasteiger charge is 2.32. The minimum atomic E-state index is -3.38. The van der Waals surface area contributed by atoms with E-state index in [4.69, 9.17) is 28.2 Å². The molecule has 1 N–H and O–H groups in total. The number of nitrogens with zero attached hydrogens (tertiary/aromatic N) is 3. The van der Waals surface area contributed by atoms with Gasteiger partial charge in [-0.15, -0.1) is 0 Å². The Morgan fingerprint density at radius 3 is 2.36 bits per heavy atom. The standard InChI is InChI=1S/C25H26Cl2N4O4S/c1-14(2)28-25-29-22-13-30(23(32)16-5-10-20(26)21(27)12-16)15(3)11-19(22)24(33)31(25)17-6-8-18(9-7-17)36(4,34)35/h5-10,12,14-15H,11,13H2,1-4H3,(H,28,29)/t15-/m1/s1. The van der Waals surface area contributed by atoms with Crippen molar-refractivity contribution >= 4 is 44.9 Å². The van der Waals surface area contributed by atoms with Gasteiger partial charge in [0.05, 0.1) is 32.9 Å². The van der Waals surface area contributed by atoms with Crippen LogP contribution in [0.25, 0.3) is 5.69 Å². The molecule has 0 fully saturated rings. The quantitative estimate of drug-likeness (QED) is 0.508. The lowest BCUT2D eigenvalue weighted by Gasteiger charge is -2.34. The van der Waals surface area contributed by atoms with E-state index in [1.54, 1.807) is 29.2 Å². The number of sulfone groups is 1. The number of carbonyl (C=O) groups is 1. The van der Waals surface area contributed by atoms with Crippen molar-refractivity contribution in [3.05, 3.63) is 79.7 Å². The van der Waals surface area contributed by atoms with Crippen LogP contribution in [0.15, 0.2) is 52.2 Å². The van der Waals surface area contributed by atoms with Crippen LogP contribution in [-0.4, -0.2) is 47.1 Å². The first kappa shape index (κ1) is 26.2. The third-order valence-corrected chi connectivity index (χ3v) is 7.85.